The minimum Gasteiger partial charge on any atom is -0.459 e. The van der Waals surface area contributed by atoms with Crippen LogP contribution in [-0.4, -0.2) is 0 Å². The zero-order valence-corrected chi connectivity index (χ0v) is 11.8. The average Bonchev–Trinajstić information content (AvgIpc) is 2.86. The highest BCUT2D eigenvalue weighted by atomic mass is 19.1. The Kier molecular flexibility index (Phi) is 3.26. The van der Waals surface area contributed by atoms with E-state index in [1.54, 1.807) is 13.0 Å². The second-order valence-electron chi connectivity index (χ2n) is 5.26. The third-order valence-corrected chi connectivity index (χ3v) is 3.63. The normalized spacial score (nSPS) is 12.8. The Balaban J connectivity index is 2.12. The van der Waals surface area contributed by atoms with Crippen LogP contribution in [0, 0.1) is 25.5 Å². The lowest BCUT2D eigenvalue weighted by Gasteiger charge is -2.12. The first-order chi connectivity index (χ1) is 9.97. The summed E-state index contributed by atoms with van der Waals surface area (Å²) < 4.78 is 33.7. The molecule has 0 aliphatic carbocycles. The van der Waals surface area contributed by atoms with E-state index in [4.69, 9.17) is 10.2 Å². The van der Waals surface area contributed by atoms with Crippen LogP contribution < -0.4 is 5.73 Å². The summed E-state index contributed by atoms with van der Waals surface area (Å²) in [7, 11) is 0. The van der Waals surface area contributed by atoms with Crippen molar-refractivity contribution in [3.8, 4) is 0 Å². The van der Waals surface area contributed by atoms with E-state index in [0.29, 0.717) is 16.9 Å². The Hall–Kier alpha value is -2.20. The summed E-state index contributed by atoms with van der Waals surface area (Å²) in [4.78, 5) is 0. The molecule has 0 bridgehead atoms. The lowest BCUT2D eigenvalue weighted by atomic mass is 10.0. The molecule has 3 aromatic rings. The number of nitrogens with two attached hydrogens (primary N) is 1. The van der Waals surface area contributed by atoms with Gasteiger partial charge in [-0.2, -0.15) is 0 Å². The van der Waals surface area contributed by atoms with Crippen molar-refractivity contribution < 1.29 is 13.2 Å². The largest absolute Gasteiger partial charge is 0.459 e. The third kappa shape index (κ3) is 2.32. The minimum atomic E-state index is -0.974. The highest BCUT2D eigenvalue weighted by molar-refractivity contribution is 5.79. The number of hydrogen-bond donors (Lipinski definition) is 1. The quantitative estimate of drug-likeness (QED) is 0.760. The maximum Gasteiger partial charge on any atom is 0.134 e. The molecular weight excluding hydrogens is 272 g/mol. The molecule has 0 fully saturated rings. The van der Waals surface area contributed by atoms with Crippen LogP contribution >= 0.6 is 0 Å². The summed E-state index contributed by atoms with van der Waals surface area (Å²) in [6, 6.07) is 9.05. The van der Waals surface area contributed by atoms with Crippen molar-refractivity contribution in [2.75, 3.05) is 0 Å². The van der Waals surface area contributed by atoms with Gasteiger partial charge in [-0.05, 0) is 43.7 Å². The van der Waals surface area contributed by atoms with Crippen LogP contribution in [0.3, 0.4) is 0 Å². The van der Waals surface area contributed by atoms with Crippen LogP contribution in [0.25, 0.3) is 11.0 Å². The van der Waals surface area contributed by atoms with Gasteiger partial charge < -0.3 is 10.2 Å². The van der Waals surface area contributed by atoms with Crippen molar-refractivity contribution in [2.45, 2.75) is 19.9 Å². The number of hydrogen-bond acceptors (Lipinski definition) is 2. The van der Waals surface area contributed by atoms with Gasteiger partial charge in [0.05, 0.1) is 6.04 Å². The molecule has 2 nitrogen and oxygen atoms in total. The van der Waals surface area contributed by atoms with Crippen LogP contribution in [0.4, 0.5) is 8.78 Å². The molecule has 0 aliphatic rings. The molecule has 108 valence electrons. The number of rotatable bonds is 2. The number of furan rings is 1. The molecule has 0 saturated heterocycles. The molecule has 0 amide bonds. The average molecular weight is 287 g/mol. The highest BCUT2D eigenvalue weighted by Gasteiger charge is 2.22. The monoisotopic (exact) mass is 287 g/mol. The maximum atomic E-state index is 14.2. The minimum absolute atomic E-state index is 0.161. The van der Waals surface area contributed by atoms with Gasteiger partial charge in [0.2, 0.25) is 0 Å². The first-order valence-electron chi connectivity index (χ1n) is 6.67. The predicted octanol–water partition coefficient (Wildman–Crippen LogP) is 4.38. The molecule has 0 radical (unpaired) electrons. The second kappa shape index (κ2) is 4.97. The van der Waals surface area contributed by atoms with Crippen molar-refractivity contribution in [3.63, 3.8) is 0 Å². The summed E-state index contributed by atoms with van der Waals surface area (Å²) in [6.07, 6.45) is 0. The molecule has 3 rings (SSSR count). The topological polar surface area (TPSA) is 39.2 Å². The number of fused-ring (bicyclic) bond motifs is 1. The fourth-order valence-corrected chi connectivity index (χ4v) is 2.44. The van der Waals surface area contributed by atoms with Crippen molar-refractivity contribution >= 4 is 11.0 Å². The van der Waals surface area contributed by atoms with Crippen LogP contribution in [0.15, 0.2) is 40.8 Å². The summed E-state index contributed by atoms with van der Waals surface area (Å²) >= 11 is 0. The van der Waals surface area contributed by atoms with E-state index in [-0.39, 0.29) is 5.56 Å². The molecule has 21 heavy (non-hydrogen) atoms. The molecule has 1 atom stereocenters. The van der Waals surface area contributed by atoms with Gasteiger partial charge in [0.1, 0.15) is 23.0 Å². The number of aryl methyl sites for hydroxylation is 2. The molecule has 2 N–H and O–H groups in total. The maximum absolute atomic E-state index is 14.2. The fourth-order valence-electron chi connectivity index (χ4n) is 2.44. The van der Waals surface area contributed by atoms with E-state index in [1.807, 2.05) is 25.1 Å². The summed E-state index contributed by atoms with van der Waals surface area (Å²) in [5.41, 5.74) is 7.94. The molecule has 1 aromatic heterocycles. The zero-order valence-electron chi connectivity index (χ0n) is 11.8. The van der Waals surface area contributed by atoms with Crippen LogP contribution in [-0.2, 0) is 0 Å². The SMILES string of the molecule is Cc1ccc2oc(C(N)c3c(F)ccc(C)c3F)cc2c1. The Morgan fingerprint density at radius 1 is 1.05 bits per heavy atom. The van der Waals surface area contributed by atoms with E-state index in [0.717, 1.165) is 10.9 Å². The van der Waals surface area contributed by atoms with Gasteiger partial charge in [0, 0.05) is 10.9 Å². The second-order valence-corrected chi connectivity index (χ2v) is 5.26. The van der Waals surface area contributed by atoms with Gasteiger partial charge in [0.15, 0.2) is 0 Å². The Morgan fingerprint density at radius 3 is 2.57 bits per heavy atom. The van der Waals surface area contributed by atoms with E-state index in [1.165, 1.54) is 12.1 Å². The van der Waals surface area contributed by atoms with Gasteiger partial charge in [0.25, 0.3) is 0 Å². The first-order valence-corrected chi connectivity index (χ1v) is 6.67. The van der Waals surface area contributed by atoms with Crippen LogP contribution in [0.1, 0.15) is 28.5 Å². The van der Waals surface area contributed by atoms with Gasteiger partial charge in [-0.1, -0.05) is 17.7 Å². The van der Waals surface area contributed by atoms with E-state index < -0.39 is 17.7 Å². The van der Waals surface area contributed by atoms with Gasteiger partial charge in [-0.25, -0.2) is 8.78 Å². The molecule has 4 heteroatoms. The molecule has 1 unspecified atom stereocenters. The van der Waals surface area contributed by atoms with Gasteiger partial charge >= 0.3 is 0 Å². The molecule has 0 saturated carbocycles. The Morgan fingerprint density at radius 2 is 1.81 bits per heavy atom. The van der Waals surface area contributed by atoms with Gasteiger partial charge in [-0.3, -0.25) is 0 Å². The summed E-state index contributed by atoms with van der Waals surface area (Å²) in [5.74, 6) is -0.944. The fraction of sp³-hybridized carbons (Fsp3) is 0.176. The van der Waals surface area contributed by atoms with Crippen molar-refractivity contribution in [3.05, 3.63) is 70.5 Å². The van der Waals surface area contributed by atoms with Crippen molar-refractivity contribution in [1.82, 2.24) is 0 Å². The Labute approximate surface area is 121 Å². The molecular formula is C17H15F2NO. The smallest absolute Gasteiger partial charge is 0.134 e. The van der Waals surface area contributed by atoms with Crippen LogP contribution in [0.5, 0.6) is 0 Å². The number of halogens is 2. The van der Waals surface area contributed by atoms with Crippen molar-refractivity contribution in [1.29, 1.82) is 0 Å². The lowest BCUT2D eigenvalue weighted by Crippen LogP contribution is -2.15. The molecule has 1 heterocycles. The molecule has 0 aliphatic heterocycles. The van der Waals surface area contributed by atoms with Crippen LogP contribution in [0.2, 0.25) is 0 Å². The molecule has 2 aromatic carbocycles. The zero-order chi connectivity index (χ0) is 15.1. The van der Waals surface area contributed by atoms with Crippen molar-refractivity contribution in [2.24, 2.45) is 5.73 Å². The summed E-state index contributed by atoms with van der Waals surface area (Å²) in [6.45, 7) is 3.54. The molecule has 0 spiro atoms. The van der Waals surface area contributed by atoms with E-state index in [9.17, 15) is 8.78 Å². The number of benzene rings is 2. The predicted molar refractivity (Wildman–Crippen MR) is 78.1 cm³/mol. The summed E-state index contributed by atoms with van der Waals surface area (Å²) in [5, 5.41) is 0.869. The van der Waals surface area contributed by atoms with E-state index >= 15 is 0 Å². The van der Waals surface area contributed by atoms with E-state index in [2.05, 4.69) is 0 Å². The standard InChI is InChI=1S/C17H15F2NO/c1-9-3-6-13-11(7-9)8-14(21-13)17(20)15-12(18)5-4-10(2)16(15)19/h3-8,17H,20H2,1-2H3. The Bertz CT molecular complexity index is 823. The highest BCUT2D eigenvalue weighted by Crippen LogP contribution is 2.30. The lowest BCUT2D eigenvalue weighted by molar-refractivity contribution is 0.485. The third-order valence-electron chi connectivity index (χ3n) is 3.63. The van der Waals surface area contributed by atoms with Gasteiger partial charge in [-0.15, -0.1) is 0 Å². The first kappa shape index (κ1) is 13.8.